The highest BCUT2D eigenvalue weighted by atomic mass is 35.5. The maximum absolute atomic E-state index is 13.1. The number of amides is 1. The highest BCUT2D eigenvalue weighted by Gasteiger charge is 2.47. The van der Waals surface area contributed by atoms with Crippen molar-refractivity contribution in [2.45, 2.75) is 24.6 Å². The Labute approximate surface area is 170 Å². The van der Waals surface area contributed by atoms with Crippen LogP contribution in [0.4, 0.5) is 0 Å². The molecule has 3 heterocycles. The third-order valence-corrected chi connectivity index (χ3v) is 8.28. The summed E-state index contributed by atoms with van der Waals surface area (Å²) in [5, 5.41) is 0.215. The lowest BCUT2D eigenvalue weighted by atomic mass is 10.0. The molecule has 8 heteroatoms. The highest BCUT2D eigenvalue weighted by Crippen LogP contribution is 2.35. The normalized spacial score (nSPS) is 24.5. The summed E-state index contributed by atoms with van der Waals surface area (Å²) in [5.74, 6) is -0.00895. The van der Waals surface area contributed by atoms with Crippen LogP contribution >= 0.6 is 11.6 Å². The molecule has 0 spiro atoms. The van der Waals surface area contributed by atoms with E-state index in [0.29, 0.717) is 49.6 Å². The van der Waals surface area contributed by atoms with Gasteiger partial charge in [-0.2, -0.15) is 4.31 Å². The zero-order valence-electron chi connectivity index (χ0n) is 15.4. The second-order valence-electron chi connectivity index (χ2n) is 7.37. The van der Waals surface area contributed by atoms with Gasteiger partial charge in [-0.25, -0.2) is 8.42 Å². The smallest absolute Gasteiger partial charge is 0.253 e. The van der Waals surface area contributed by atoms with Crippen LogP contribution < -0.4 is 0 Å². The van der Waals surface area contributed by atoms with Gasteiger partial charge in [0.1, 0.15) is 0 Å². The molecule has 28 heavy (non-hydrogen) atoms. The van der Waals surface area contributed by atoms with Gasteiger partial charge in [-0.15, -0.1) is 0 Å². The minimum Gasteiger partial charge on any atom is -0.339 e. The second kappa shape index (κ2) is 7.81. The van der Waals surface area contributed by atoms with E-state index in [1.807, 2.05) is 12.1 Å². The molecule has 1 amide bonds. The Kier molecular flexibility index (Phi) is 5.40. The third kappa shape index (κ3) is 3.79. The molecule has 0 saturated carbocycles. The Hall–Kier alpha value is -1.96. The van der Waals surface area contributed by atoms with E-state index in [1.165, 1.54) is 0 Å². The van der Waals surface area contributed by atoms with Crippen molar-refractivity contribution < 1.29 is 13.2 Å². The average molecular weight is 420 g/mol. The third-order valence-electron chi connectivity index (χ3n) is 5.65. The van der Waals surface area contributed by atoms with E-state index < -0.39 is 15.3 Å². The molecule has 0 N–H and O–H groups in total. The van der Waals surface area contributed by atoms with Crippen molar-refractivity contribution in [1.29, 1.82) is 0 Å². The Morgan fingerprint density at radius 3 is 2.46 bits per heavy atom. The maximum atomic E-state index is 13.1. The lowest BCUT2D eigenvalue weighted by molar-refractivity contribution is 0.0759. The van der Waals surface area contributed by atoms with Crippen LogP contribution in [0.5, 0.6) is 0 Å². The van der Waals surface area contributed by atoms with Gasteiger partial charge in [0, 0.05) is 49.2 Å². The first kappa shape index (κ1) is 19.4. The SMILES string of the molecule is O=C(c1ccncc1)N1CC[C@@H]2CN(Cc3ccc(Cl)cc3)S(=O)(=O)[C@@H]2CC1. The Morgan fingerprint density at radius 1 is 1.07 bits per heavy atom. The molecule has 2 saturated heterocycles. The summed E-state index contributed by atoms with van der Waals surface area (Å²) in [6, 6.07) is 10.7. The summed E-state index contributed by atoms with van der Waals surface area (Å²) >= 11 is 5.92. The number of sulfonamides is 1. The number of carbonyl (C=O) groups is 1. The van der Waals surface area contributed by atoms with Gasteiger partial charge in [0.2, 0.25) is 10.0 Å². The molecule has 2 aliphatic heterocycles. The number of pyridine rings is 1. The number of aromatic nitrogens is 1. The summed E-state index contributed by atoms with van der Waals surface area (Å²) in [7, 11) is -3.38. The number of halogens is 1. The standard InChI is InChI=1S/C20H22ClN3O3S/c21-18-3-1-15(2-4-18)13-24-14-17-7-11-23(12-8-19(17)28(24,26)27)20(25)16-5-9-22-10-6-16/h1-6,9-10,17,19H,7-8,11-14H2/t17-,19-/m1/s1. The van der Waals surface area contributed by atoms with E-state index in [0.717, 1.165) is 5.56 Å². The van der Waals surface area contributed by atoms with Gasteiger partial charge < -0.3 is 4.90 Å². The largest absolute Gasteiger partial charge is 0.339 e. The number of carbonyl (C=O) groups excluding carboxylic acids is 1. The predicted molar refractivity (Wildman–Crippen MR) is 107 cm³/mol. The van der Waals surface area contributed by atoms with Crippen molar-refractivity contribution >= 4 is 27.5 Å². The van der Waals surface area contributed by atoms with E-state index in [1.54, 1.807) is 45.9 Å². The van der Waals surface area contributed by atoms with E-state index in [2.05, 4.69) is 4.98 Å². The van der Waals surface area contributed by atoms with E-state index in [-0.39, 0.29) is 11.8 Å². The zero-order chi connectivity index (χ0) is 19.7. The fourth-order valence-electron chi connectivity index (χ4n) is 4.12. The molecule has 2 aliphatic rings. The topological polar surface area (TPSA) is 70.6 Å². The molecule has 1 aromatic heterocycles. The van der Waals surface area contributed by atoms with Crippen molar-refractivity contribution in [3.63, 3.8) is 0 Å². The van der Waals surface area contributed by atoms with Crippen LogP contribution in [-0.4, -0.2) is 53.4 Å². The summed E-state index contributed by atoms with van der Waals surface area (Å²) in [5.41, 5.74) is 1.52. The van der Waals surface area contributed by atoms with Crippen molar-refractivity contribution in [1.82, 2.24) is 14.2 Å². The van der Waals surface area contributed by atoms with Crippen LogP contribution in [-0.2, 0) is 16.6 Å². The number of nitrogens with zero attached hydrogens (tertiary/aromatic N) is 3. The fourth-order valence-corrected chi connectivity index (χ4v) is 6.47. The molecular weight excluding hydrogens is 398 g/mol. The molecular formula is C20H22ClN3O3S. The van der Waals surface area contributed by atoms with Gasteiger partial charge in [-0.05, 0) is 48.6 Å². The highest BCUT2D eigenvalue weighted by molar-refractivity contribution is 7.90. The molecule has 6 nitrogen and oxygen atoms in total. The van der Waals surface area contributed by atoms with Crippen molar-refractivity contribution in [3.05, 3.63) is 64.9 Å². The molecule has 2 aromatic rings. The van der Waals surface area contributed by atoms with Crippen molar-refractivity contribution in [2.24, 2.45) is 5.92 Å². The fraction of sp³-hybridized carbons (Fsp3) is 0.400. The number of hydrogen-bond donors (Lipinski definition) is 0. The predicted octanol–water partition coefficient (Wildman–Crippen LogP) is 2.80. The number of hydrogen-bond acceptors (Lipinski definition) is 4. The van der Waals surface area contributed by atoms with Gasteiger partial charge in [0.15, 0.2) is 0 Å². The van der Waals surface area contributed by atoms with Crippen LogP contribution in [0.2, 0.25) is 5.02 Å². The van der Waals surface area contributed by atoms with Gasteiger partial charge >= 0.3 is 0 Å². The van der Waals surface area contributed by atoms with Crippen LogP contribution in [0.15, 0.2) is 48.8 Å². The number of fused-ring (bicyclic) bond motifs is 1. The van der Waals surface area contributed by atoms with Gasteiger partial charge in [0.25, 0.3) is 5.91 Å². The average Bonchev–Trinajstić information content (AvgIpc) is 2.84. The van der Waals surface area contributed by atoms with Crippen LogP contribution in [0.3, 0.4) is 0 Å². The van der Waals surface area contributed by atoms with Crippen LogP contribution in [0.25, 0.3) is 0 Å². The molecule has 148 valence electrons. The molecule has 0 unspecified atom stereocenters. The first-order valence-electron chi connectivity index (χ1n) is 9.38. The van der Waals surface area contributed by atoms with Crippen LogP contribution in [0, 0.1) is 5.92 Å². The van der Waals surface area contributed by atoms with Gasteiger partial charge in [-0.3, -0.25) is 9.78 Å². The van der Waals surface area contributed by atoms with E-state index >= 15 is 0 Å². The van der Waals surface area contributed by atoms with Gasteiger partial charge in [-0.1, -0.05) is 23.7 Å². The Morgan fingerprint density at radius 2 is 1.75 bits per heavy atom. The Bertz CT molecular complexity index is 950. The number of likely N-dealkylation sites (tertiary alicyclic amines) is 1. The molecule has 0 aliphatic carbocycles. The molecule has 4 rings (SSSR count). The summed E-state index contributed by atoms with van der Waals surface area (Å²) in [6.07, 6.45) is 4.36. The van der Waals surface area contributed by atoms with Gasteiger partial charge in [0.05, 0.1) is 5.25 Å². The first-order valence-corrected chi connectivity index (χ1v) is 11.3. The quantitative estimate of drug-likeness (QED) is 0.767. The molecule has 2 atom stereocenters. The van der Waals surface area contributed by atoms with E-state index in [4.69, 9.17) is 11.6 Å². The monoisotopic (exact) mass is 419 g/mol. The van der Waals surface area contributed by atoms with Crippen LogP contribution in [0.1, 0.15) is 28.8 Å². The minimum atomic E-state index is -3.38. The van der Waals surface area contributed by atoms with E-state index in [9.17, 15) is 13.2 Å². The maximum Gasteiger partial charge on any atom is 0.253 e. The Balaban J connectivity index is 1.46. The number of rotatable bonds is 3. The minimum absolute atomic E-state index is 0.0486. The molecule has 2 fully saturated rings. The molecule has 0 bridgehead atoms. The lowest BCUT2D eigenvalue weighted by Crippen LogP contribution is -2.34. The second-order valence-corrected chi connectivity index (χ2v) is 9.96. The summed E-state index contributed by atoms with van der Waals surface area (Å²) < 4.78 is 27.8. The number of benzene rings is 1. The summed E-state index contributed by atoms with van der Waals surface area (Å²) in [4.78, 5) is 18.4. The zero-order valence-corrected chi connectivity index (χ0v) is 16.9. The van der Waals surface area contributed by atoms with Crippen molar-refractivity contribution in [3.8, 4) is 0 Å². The molecule has 1 aromatic carbocycles. The molecule has 0 radical (unpaired) electrons. The summed E-state index contributed by atoms with van der Waals surface area (Å²) in [6.45, 7) is 1.90. The first-order chi connectivity index (χ1) is 13.4. The van der Waals surface area contributed by atoms with Crippen molar-refractivity contribution in [2.75, 3.05) is 19.6 Å². The lowest BCUT2D eigenvalue weighted by Gasteiger charge is -2.22.